The van der Waals surface area contributed by atoms with Crippen molar-refractivity contribution in [3.8, 4) is 0 Å². The molecule has 1 rings (SSSR count). The normalized spacial score (nSPS) is 9.89. The van der Waals surface area contributed by atoms with Gasteiger partial charge < -0.3 is 16.4 Å². The first-order chi connectivity index (χ1) is 8.54. The molecule has 1 aromatic rings. The highest BCUT2D eigenvalue weighted by Gasteiger charge is 2.09. The fourth-order valence-corrected chi connectivity index (χ4v) is 1.26. The Kier molecular flexibility index (Phi) is 5.10. The Hall–Kier alpha value is -2.11. The summed E-state index contributed by atoms with van der Waals surface area (Å²) in [4.78, 5) is 22.8. The van der Waals surface area contributed by atoms with Crippen molar-refractivity contribution in [3.05, 3.63) is 29.6 Å². The third kappa shape index (κ3) is 4.04. The zero-order chi connectivity index (χ0) is 13.5. The van der Waals surface area contributed by atoms with E-state index >= 15 is 0 Å². The smallest absolute Gasteiger partial charge is 0.251 e. The molecule has 5 nitrogen and oxygen atoms in total. The van der Waals surface area contributed by atoms with Gasteiger partial charge in [0.1, 0.15) is 5.82 Å². The molecule has 0 unspecified atom stereocenters. The Balaban J connectivity index is 2.50. The number of carbonyl (C=O) groups is 2. The molecule has 4 N–H and O–H groups in total. The summed E-state index contributed by atoms with van der Waals surface area (Å²) in [6.45, 7) is 2.35. The minimum absolute atomic E-state index is 0.0211. The maximum Gasteiger partial charge on any atom is 0.251 e. The summed E-state index contributed by atoms with van der Waals surface area (Å²) in [5.41, 5.74) is 5.40. The van der Waals surface area contributed by atoms with Gasteiger partial charge in [0.2, 0.25) is 5.91 Å². The zero-order valence-corrected chi connectivity index (χ0v) is 10.1. The predicted molar refractivity (Wildman–Crippen MR) is 66.4 cm³/mol. The van der Waals surface area contributed by atoms with E-state index in [0.717, 1.165) is 12.5 Å². The molecule has 0 aliphatic carbocycles. The van der Waals surface area contributed by atoms with Gasteiger partial charge in [0.05, 0.1) is 12.2 Å². The van der Waals surface area contributed by atoms with Crippen LogP contribution < -0.4 is 16.4 Å². The molecule has 98 valence electrons. The largest absolute Gasteiger partial charge is 0.396 e. The SMILES string of the molecule is CCCNC(=O)CNC(=O)c1ccc(N)c(F)c1. The predicted octanol–water partition coefficient (Wildman–Crippen LogP) is 0.664. The summed E-state index contributed by atoms with van der Waals surface area (Å²) in [6.07, 6.45) is 0.822. The van der Waals surface area contributed by atoms with Crippen LogP contribution in [-0.4, -0.2) is 24.9 Å². The molecule has 0 bridgehead atoms. The maximum atomic E-state index is 13.1. The van der Waals surface area contributed by atoms with Crippen LogP contribution in [0, 0.1) is 5.82 Å². The third-order valence-electron chi connectivity index (χ3n) is 2.24. The van der Waals surface area contributed by atoms with Gasteiger partial charge >= 0.3 is 0 Å². The summed E-state index contributed by atoms with van der Waals surface area (Å²) in [7, 11) is 0. The molecule has 0 fully saturated rings. The number of nitrogens with two attached hydrogens (primary N) is 1. The first kappa shape index (κ1) is 14.0. The quantitative estimate of drug-likeness (QED) is 0.674. The second kappa shape index (κ2) is 6.58. The van der Waals surface area contributed by atoms with E-state index in [1.165, 1.54) is 12.1 Å². The second-order valence-corrected chi connectivity index (χ2v) is 3.77. The van der Waals surface area contributed by atoms with Gasteiger partial charge in [-0.1, -0.05) is 6.92 Å². The lowest BCUT2D eigenvalue weighted by molar-refractivity contribution is -0.120. The maximum absolute atomic E-state index is 13.1. The molecule has 0 saturated carbocycles. The van der Waals surface area contributed by atoms with E-state index in [9.17, 15) is 14.0 Å². The number of nitrogen functional groups attached to an aromatic ring is 1. The van der Waals surface area contributed by atoms with Gasteiger partial charge in [-0.05, 0) is 24.6 Å². The molecular formula is C12H16FN3O2. The summed E-state index contributed by atoms with van der Waals surface area (Å²) < 4.78 is 13.1. The van der Waals surface area contributed by atoms with Crippen LogP contribution in [-0.2, 0) is 4.79 Å². The van der Waals surface area contributed by atoms with Gasteiger partial charge in [-0.2, -0.15) is 0 Å². The number of halogens is 1. The van der Waals surface area contributed by atoms with Crippen LogP contribution in [0.15, 0.2) is 18.2 Å². The van der Waals surface area contributed by atoms with Gasteiger partial charge in [-0.25, -0.2) is 4.39 Å². The Morgan fingerprint density at radius 2 is 2.06 bits per heavy atom. The summed E-state index contributed by atoms with van der Waals surface area (Å²) in [6, 6.07) is 3.74. The van der Waals surface area contributed by atoms with Crippen LogP contribution in [0.4, 0.5) is 10.1 Å². The van der Waals surface area contributed by atoms with Gasteiger partial charge in [-0.15, -0.1) is 0 Å². The first-order valence-electron chi connectivity index (χ1n) is 5.64. The number of carbonyl (C=O) groups excluding carboxylic acids is 2. The summed E-state index contributed by atoms with van der Waals surface area (Å²) >= 11 is 0. The number of benzene rings is 1. The van der Waals surface area contributed by atoms with E-state index in [2.05, 4.69) is 10.6 Å². The van der Waals surface area contributed by atoms with Crippen LogP contribution in [0.5, 0.6) is 0 Å². The number of rotatable bonds is 5. The van der Waals surface area contributed by atoms with Gasteiger partial charge in [0, 0.05) is 12.1 Å². The summed E-state index contributed by atoms with van der Waals surface area (Å²) in [5.74, 6) is -1.44. The fourth-order valence-electron chi connectivity index (χ4n) is 1.26. The monoisotopic (exact) mass is 253 g/mol. The molecule has 6 heteroatoms. The third-order valence-corrected chi connectivity index (χ3v) is 2.24. The number of anilines is 1. The number of hydrogen-bond acceptors (Lipinski definition) is 3. The van der Waals surface area contributed by atoms with Gasteiger partial charge in [0.25, 0.3) is 5.91 Å². The van der Waals surface area contributed by atoms with Crippen molar-refractivity contribution in [2.75, 3.05) is 18.8 Å². The fraction of sp³-hybridized carbons (Fsp3) is 0.333. The van der Waals surface area contributed by atoms with Crippen LogP contribution in [0.25, 0.3) is 0 Å². The topological polar surface area (TPSA) is 84.2 Å². The van der Waals surface area contributed by atoms with Crippen LogP contribution >= 0.6 is 0 Å². The average Bonchev–Trinajstić information content (AvgIpc) is 2.36. The molecule has 2 amide bonds. The highest BCUT2D eigenvalue weighted by molar-refractivity contribution is 5.96. The Bertz CT molecular complexity index is 449. The molecule has 0 saturated heterocycles. The van der Waals surface area contributed by atoms with E-state index in [1.807, 2.05) is 6.92 Å². The van der Waals surface area contributed by atoms with Crippen molar-refractivity contribution in [1.29, 1.82) is 0 Å². The molecule has 1 aromatic carbocycles. The Labute approximate surface area is 105 Å². The van der Waals surface area contributed by atoms with Crippen molar-refractivity contribution in [1.82, 2.24) is 10.6 Å². The zero-order valence-electron chi connectivity index (χ0n) is 10.1. The highest BCUT2D eigenvalue weighted by Crippen LogP contribution is 2.11. The van der Waals surface area contributed by atoms with E-state index in [0.29, 0.717) is 6.54 Å². The van der Waals surface area contributed by atoms with Crippen LogP contribution in [0.1, 0.15) is 23.7 Å². The highest BCUT2D eigenvalue weighted by atomic mass is 19.1. The molecule has 0 radical (unpaired) electrons. The summed E-state index contributed by atoms with van der Waals surface area (Å²) in [5, 5.41) is 5.01. The minimum atomic E-state index is -0.655. The molecule has 0 heterocycles. The molecule has 18 heavy (non-hydrogen) atoms. The minimum Gasteiger partial charge on any atom is -0.396 e. The molecule has 0 spiro atoms. The second-order valence-electron chi connectivity index (χ2n) is 3.77. The molecule has 0 aromatic heterocycles. The van der Waals surface area contributed by atoms with Gasteiger partial charge in [-0.3, -0.25) is 9.59 Å². The number of amides is 2. The van der Waals surface area contributed by atoms with Crippen molar-refractivity contribution < 1.29 is 14.0 Å². The molecule has 0 aliphatic heterocycles. The van der Waals surface area contributed by atoms with Crippen molar-refractivity contribution in [2.24, 2.45) is 0 Å². The van der Waals surface area contributed by atoms with Crippen molar-refractivity contribution in [3.63, 3.8) is 0 Å². The van der Waals surface area contributed by atoms with E-state index in [-0.39, 0.29) is 23.7 Å². The van der Waals surface area contributed by atoms with E-state index in [1.54, 1.807) is 0 Å². The first-order valence-corrected chi connectivity index (χ1v) is 5.64. The lowest BCUT2D eigenvalue weighted by Gasteiger charge is -2.06. The molecular weight excluding hydrogens is 237 g/mol. The Morgan fingerprint density at radius 1 is 1.33 bits per heavy atom. The number of hydrogen-bond donors (Lipinski definition) is 3. The van der Waals surface area contributed by atoms with Crippen LogP contribution in [0.2, 0.25) is 0 Å². The Morgan fingerprint density at radius 3 is 2.67 bits per heavy atom. The van der Waals surface area contributed by atoms with E-state index < -0.39 is 11.7 Å². The van der Waals surface area contributed by atoms with E-state index in [4.69, 9.17) is 5.73 Å². The molecule has 0 atom stereocenters. The van der Waals surface area contributed by atoms with Crippen molar-refractivity contribution >= 4 is 17.5 Å². The lowest BCUT2D eigenvalue weighted by atomic mass is 10.2. The van der Waals surface area contributed by atoms with Gasteiger partial charge in [0.15, 0.2) is 0 Å². The average molecular weight is 253 g/mol. The standard InChI is InChI=1S/C12H16FN3O2/c1-2-5-15-11(17)7-16-12(18)8-3-4-10(14)9(13)6-8/h3-4,6H,2,5,7,14H2,1H3,(H,15,17)(H,16,18). The number of nitrogens with one attached hydrogen (secondary N) is 2. The lowest BCUT2D eigenvalue weighted by Crippen LogP contribution is -2.37. The molecule has 0 aliphatic rings. The van der Waals surface area contributed by atoms with Crippen molar-refractivity contribution in [2.45, 2.75) is 13.3 Å². The van der Waals surface area contributed by atoms with Crippen LogP contribution in [0.3, 0.4) is 0 Å².